The van der Waals surface area contributed by atoms with E-state index in [-0.39, 0.29) is 12.4 Å². The molecule has 0 bridgehead atoms. The van der Waals surface area contributed by atoms with Gasteiger partial charge in [0.15, 0.2) is 0 Å². The number of nitrogens with one attached hydrogen (secondary N) is 1. The fraction of sp³-hybridized carbons (Fsp3) is 0.0909. The van der Waals surface area contributed by atoms with Gasteiger partial charge in [-0.1, -0.05) is 6.07 Å². The van der Waals surface area contributed by atoms with Crippen LogP contribution in [0.2, 0.25) is 0 Å². The molecule has 0 unspecified atom stereocenters. The van der Waals surface area contributed by atoms with Gasteiger partial charge in [-0.05, 0) is 23.6 Å². The predicted molar refractivity (Wildman–Crippen MR) is 57.8 cm³/mol. The number of carboxylic acid groups (broad SMARTS) is 1. The van der Waals surface area contributed by atoms with Gasteiger partial charge in [0.25, 0.3) is 0 Å². The molecule has 0 aliphatic rings. The minimum atomic E-state index is -0.991. The van der Waals surface area contributed by atoms with E-state index < -0.39 is 5.97 Å². The van der Waals surface area contributed by atoms with E-state index in [0.717, 1.165) is 5.39 Å². The van der Waals surface area contributed by atoms with Gasteiger partial charge in [0, 0.05) is 11.6 Å². The second-order valence-electron chi connectivity index (χ2n) is 3.27. The molecule has 2 aromatic rings. The first-order valence-corrected chi connectivity index (χ1v) is 4.67. The third-order valence-corrected chi connectivity index (χ3v) is 2.14. The first-order valence-electron chi connectivity index (χ1n) is 4.67. The Labute approximate surface area is 90.7 Å². The molecule has 82 valence electrons. The average Bonchev–Trinajstić information content (AvgIpc) is 2.26. The SMILES string of the molecule is O=C(O)CNc1nccc2ccc(F)cc12. The molecule has 5 heteroatoms. The molecule has 1 aromatic carbocycles. The number of halogens is 1. The van der Waals surface area contributed by atoms with Gasteiger partial charge in [-0.2, -0.15) is 0 Å². The Morgan fingerprint density at radius 3 is 3.00 bits per heavy atom. The number of aliphatic carboxylic acids is 1. The van der Waals surface area contributed by atoms with Crippen LogP contribution in [0.25, 0.3) is 10.8 Å². The Kier molecular flexibility index (Phi) is 2.68. The van der Waals surface area contributed by atoms with Crippen molar-refractivity contribution in [1.29, 1.82) is 0 Å². The number of aromatic nitrogens is 1. The van der Waals surface area contributed by atoms with Crippen molar-refractivity contribution in [2.75, 3.05) is 11.9 Å². The van der Waals surface area contributed by atoms with Gasteiger partial charge in [-0.25, -0.2) is 9.37 Å². The highest BCUT2D eigenvalue weighted by molar-refractivity contribution is 5.92. The van der Waals surface area contributed by atoms with E-state index >= 15 is 0 Å². The molecular weight excluding hydrogens is 211 g/mol. The van der Waals surface area contributed by atoms with E-state index in [9.17, 15) is 9.18 Å². The zero-order chi connectivity index (χ0) is 11.5. The fourth-order valence-corrected chi connectivity index (χ4v) is 1.44. The van der Waals surface area contributed by atoms with Crippen LogP contribution in [-0.2, 0) is 4.79 Å². The Bertz CT molecular complexity index is 542. The topological polar surface area (TPSA) is 62.2 Å². The maximum absolute atomic E-state index is 13.0. The third kappa shape index (κ3) is 2.08. The Balaban J connectivity index is 2.43. The van der Waals surface area contributed by atoms with Crippen LogP contribution in [0.3, 0.4) is 0 Å². The quantitative estimate of drug-likeness (QED) is 0.828. The lowest BCUT2D eigenvalue weighted by molar-refractivity contribution is -0.134. The molecule has 0 radical (unpaired) electrons. The maximum atomic E-state index is 13.0. The number of hydrogen-bond acceptors (Lipinski definition) is 3. The number of carboxylic acids is 1. The van der Waals surface area contributed by atoms with Crippen molar-refractivity contribution < 1.29 is 14.3 Å². The largest absolute Gasteiger partial charge is 0.480 e. The summed E-state index contributed by atoms with van der Waals surface area (Å²) < 4.78 is 13.0. The van der Waals surface area contributed by atoms with Gasteiger partial charge in [0.05, 0.1) is 0 Å². The summed E-state index contributed by atoms with van der Waals surface area (Å²) >= 11 is 0. The molecule has 0 saturated carbocycles. The van der Waals surface area contributed by atoms with E-state index in [1.165, 1.54) is 12.1 Å². The van der Waals surface area contributed by atoms with Gasteiger partial charge < -0.3 is 10.4 Å². The molecule has 0 saturated heterocycles. The minimum absolute atomic E-state index is 0.247. The highest BCUT2D eigenvalue weighted by Crippen LogP contribution is 2.21. The molecule has 1 heterocycles. The standard InChI is InChI=1S/C11H9FN2O2/c12-8-2-1-7-3-4-13-11(9(7)5-8)14-6-10(15)16/h1-5H,6H2,(H,13,14)(H,15,16). The Morgan fingerprint density at radius 1 is 1.44 bits per heavy atom. The van der Waals surface area contributed by atoms with Gasteiger partial charge in [0.1, 0.15) is 18.2 Å². The van der Waals surface area contributed by atoms with Crippen LogP contribution in [0.1, 0.15) is 0 Å². The minimum Gasteiger partial charge on any atom is -0.480 e. The third-order valence-electron chi connectivity index (χ3n) is 2.14. The lowest BCUT2D eigenvalue weighted by Crippen LogP contribution is -2.13. The molecule has 0 spiro atoms. The highest BCUT2D eigenvalue weighted by atomic mass is 19.1. The lowest BCUT2D eigenvalue weighted by Gasteiger charge is -2.06. The molecule has 0 aliphatic heterocycles. The summed E-state index contributed by atoms with van der Waals surface area (Å²) in [7, 11) is 0. The molecule has 16 heavy (non-hydrogen) atoms. The summed E-state index contributed by atoms with van der Waals surface area (Å²) in [5, 5.41) is 12.6. The van der Waals surface area contributed by atoms with Crippen LogP contribution >= 0.6 is 0 Å². The number of carbonyl (C=O) groups is 1. The van der Waals surface area contributed by atoms with E-state index in [0.29, 0.717) is 11.2 Å². The van der Waals surface area contributed by atoms with Crippen LogP contribution in [0.15, 0.2) is 30.5 Å². The van der Waals surface area contributed by atoms with E-state index in [4.69, 9.17) is 5.11 Å². The zero-order valence-electron chi connectivity index (χ0n) is 8.27. The van der Waals surface area contributed by atoms with Gasteiger partial charge in [0.2, 0.25) is 0 Å². The van der Waals surface area contributed by atoms with Crippen molar-refractivity contribution in [3.05, 3.63) is 36.3 Å². The molecule has 0 aliphatic carbocycles. The number of rotatable bonds is 3. The van der Waals surface area contributed by atoms with Crippen LogP contribution in [0.5, 0.6) is 0 Å². The van der Waals surface area contributed by atoms with Crippen LogP contribution < -0.4 is 5.32 Å². The molecule has 0 amide bonds. The number of pyridine rings is 1. The van der Waals surface area contributed by atoms with Crippen molar-refractivity contribution in [1.82, 2.24) is 4.98 Å². The summed E-state index contributed by atoms with van der Waals surface area (Å²) in [5.74, 6) is -0.992. The van der Waals surface area contributed by atoms with E-state index in [2.05, 4.69) is 10.3 Å². The maximum Gasteiger partial charge on any atom is 0.322 e. The number of anilines is 1. The van der Waals surface area contributed by atoms with Gasteiger partial charge in [-0.3, -0.25) is 4.79 Å². The molecule has 2 N–H and O–H groups in total. The van der Waals surface area contributed by atoms with Crippen molar-refractivity contribution in [3.63, 3.8) is 0 Å². The van der Waals surface area contributed by atoms with E-state index in [1.807, 2.05) is 0 Å². The van der Waals surface area contributed by atoms with E-state index in [1.54, 1.807) is 18.3 Å². The summed E-state index contributed by atoms with van der Waals surface area (Å²) in [6, 6.07) is 6.04. The van der Waals surface area contributed by atoms with Crippen molar-refractivity contribution in [2.24, 2.45) is 0 Å². The number of hydrogen-bond donors (Lipinski definition) is 2. The summed E-state index contributed by atoms with van der Waals surface area (Å²) in [5.41, 5.74) is 0. The summed E-state index contributed by atoms with van der Waals surface area (Å²) in [6.45, 7) is -0.247. The molecule has 0 fully saturated rings. The van der Waals surface area contributed by atoms with Gasteiger partial charge in [-0.15, -0.1) is 0 Å². The van der Waals surface area contributed by atoms with Crippen LogP contribution in [0.4, 0.5) is 10.2 Å². The monoisotopic (exact) mass is 220 g/mol. The van der Waals surface area contributed by atoms with Crippen molar-refractivity contribution in [3.8, 4) is 0 Å². The molecule has 0 atom stereocenters. The summed E-state index contributed by atoms with van der Waals surface area (Å²) in [4.78, 5) is 14.4. The smallest absolute Gasteiger partial charge is 0.322 e. The number of fused-ring (bicyclic) bond motifs is 1. The Hall–Kier alpha value is -2.17. The van der Waals surface area contributed by atoms with Crippen LogP contribution in [-0.4, -0.2) is 22.6 Å². The van der Waals surface area contributed by atoms with Crippen LogP contribution in [0, 0.1) is 5.82 Å². The second-order valence-corrected chi connectivity index (χ2v) is 3.27. The zero-order valence-corrected chi connectivity index (χ0v) is 8.27. The van der Waals surface area contributed by atoms with Gasteiger partial charge >= 0.3 is 5.97 Å². The lowest BCUT2D eigenvalue weighted by atomic mass is 10.1. The van der Waals surface area contributed by atoms with Crippen molar-refractivity contribution in [2.45, 2.75) is 0 Å². The predicted octanol–water partition coefficient (Wildman–Crippen LogP) is 1.87. The first-order chi connectivity index (χ1) is 7.66. The number of nitrogens with zero attached hydrogens (tertiary/aromatic N) is 1. The first kappa shape index (κ1) is 10.4. The molecule has 1 aromatic heterocycles. The molecule has 4 nitrogen and oxygen atoms in total. The second kappa shape index (κ2) is 4.14. The fourth-order valence-electron chi connectivity index (χ4n) is 1.44. The molecule has 2 rings (SSSR count). The average molecular weight is 220 g/mol. The highest BCUT2D eigenvalue weighted by Gasteiger charge is 2.04. The number of benzene rings is 1. The van der Waals surface area contributed by atoms with Crippen molar-refractivity contribution >= 4 is 22.6 Å². The summed E-state index contributed by atoms with van der Waals surface area (Å²) in [6.07, 6.45) is 1.55. The normalized spacial score (nSPS) is 10.3. The Morgan fingerprint density at radius 2 is 2.25 bits per heavy atom. The molecular formula is C11H9FN2O2.